The number of nitrogens with zero attached hydrogens (tertiary/aromatic N) is 3. The third-order valence-electron chi connectivity index (χ3n) is 5.93. The van der Waals surface area contributed by atoms with E-state index in [0.29, 0.717) is 44.6 Å². The van der Waals surface area contributed by atoms with Crippen LogP contribution in [0, 0.1) is 5.82 Å². The highest BCUT2D eigenvalue weighted by Gasteiger charge is 2.34. The van der Waals surface area contributed by atoms with Crippen molar-refractivity contribution in [1.29, 1.82) is 0 Å². The standard InChI is InChI=1S/C21H24F4N4O2/c22-17-18(26-12-20(30)7-10-31-11-8-20)27-13-28-19(17)29-9-1-2-16(29)14-3-5-15(6-4-14)21(23,24)25/h3-6,13,16,30H,1-2,7-12H2,(H,26,27,28). The van der Waals surface area contributed by atoms with Gasteiger partial charge in [-0.1, -0.05) is 12.1 Å². The zero-order chi connectivity index (χ0) is 22.1. The number of hydrogen-bond acceptors (Lipinski definition) is 6. The van der Waals surface area contributed by atoms with Crippen LogP contribution in [-0.2, 0) is 10.9 Å². The van der Waals surface area contributed by atoms with E-state index < -0.39 is 23.2 Å². The average Bonchev–Trinajstić information content (AvgIpc) is 3.23. The van der Waals surface area contributed by atoms with Crippen LogP contribution in [0.4, 0.5) is 29.2 Å². The van der Waals surface area contributed by atoms with Gasteiger partial charge < -0.3 is 20.1 Å². The van der Waals surface area contributed by atoms with Crippen LogP contribution in [0.25, 0.3) is 0 Å². The summed E-state index contributed by atoms with van der Waals surface area (Å²) in [5.74, 6) is -0.557. The largest absolute Gasteiger partial charge is 0.416 e. The van der Waals surface area contributed by atoms with E-state index in [9.17, 15) is 18.3 Å². The number of benzene rings is 1. The number of aliphatic hydroxyl groups is 1. The van der Waals surface area contributed by atoms with E-state index in [1.807, 2.05) is 0 Å². The minimum Gasteiger partial charge on any atom is -0.388 e. The average molecular weight is 440 g/mol. The molecule has 0 saturated carbocycles. The normalized spacial score (nSPS) is 21.3. The molecule has 168 valence electrons. The van der Waals surface area contributed by atoms with Crippen LogP contribution in [0.15, 0.2) is 30.6 Å². The predicted octanol–water partition coefficient (Wildman–Crippen LogP) is 3.93. The Morgan fingerprint density at radius 3 is 2.55 bits per heavy atom. The number of alkyl halides is 3. The third kappa shape index (κ3) is 4.74. The van der Waals surface area contributed by atoms with E-state index in [2.05, 4.69) is 15.3 Å². The molecule has 0 radical (unpaired) electrons. The van der Waals surface area contributed by atoms with Gasteiger partial charge in [-0.05, 0) is 30.5 Å². The molecule has 0 bridgehead atoms. The number of halogens is 4. The van der Waals surface area contributed by atoms with Crippen LogP contribution in [0.1, 0.15) is 42.9 Å². The van der Waals surface area contributed by atoms with Gasteiger partial charge in [0, 0.05) is 39.1 Å². The van der Waals surface area contributed by atoms with Crippen molar-refractivity contribution in [2.45, 2.75) is 43.5 Å². The highest BCUT2D eigenvalue weighted by Crippen LogP contribution is 2.38. The molecule has 3 heterocycles. The predicted molar refractivity (Wildman–Crippen MR) is 106 cm³/mol. The van der Waals surface area contributed by atoms with Gasteiger partial charge >= 0.3 is 6.18 Å². The Morgan fingerprint density at radius 2 is 1.87 bits per heavy atom. The van der Waals surface area contributed by atoms with Gasteiger partial charge in [0.05, 0.1) is 17.2 Å². The van der Waals surface area contributed by atoms with E-state index in [1.54, 1.807) is 4.90 Å². The Morgan fingerprint density at radius 1 is 1.16 bits per heavy atom. The van der Waals surface area contributed by atoms with Crippen molar-refractivity contribution in [3.63, 3.8) is 0 Å². The Hall–Kier alpha value is -2.46. The molecule has 2 N–H and O–H groups in total. The maximum absolute atomic E-state index is 15.2. The summed E-state index contributed by atoms with van der Waals surface area (Å²) in [6.45, 7) is 1.54. The molecule has 2 aromatic rings. The van der Waals surface area contributed by atoms with Crippen LogP contribution in [0.2, 0.25) is 0 Å². The lowest BCUT2D eigenvalue weighted by Crippen LogP contribution is -2.42. The molecule has 0 amide bonds. The van der Waals surface area contributed by atoms with Crippen LogP contribution < -0.4 is 10.2 Å². The van der Waals surface area contributed by atoms with Gasteiger partial charge in [-0.2, -0.15) is 17.6 Å². The number of hydrogen-bond donors (Lipinski definition) is 2. The van der Waals surface area contributed by atoms with Crippen molar-refractivity contribution < 1.29 is 27.4 Å². The van der Waals surface area contributed by atoms with Crippen LogP contribution in [0.3, 0.4) is 0 Å². The third-order valence-corrected chi connectivity index (χ3v) is 5.93. The quantitative estimate of drug-likeness (QED) is 0.687. The fraction of sp³-hybridized carbons (Fsp3) is 0.524. The minimum atomic E-state index is -4.40. The fourth-order valence-electron chi connectivity index (χ4n) is 4.12. The first kappa shape index (κ1) is 21.8. The van der Waals surface area contributed by atoms with Gasteiger partial charge in [-0.15, -0.1) is 0 Å². The zero-order valence-corrected chi connectivity index (χ0v) is 16.8. The lowest BCUT2D eigenvalue weighted by Gasteiger charge is -2.32. The Labute approximate surface area is 177 Å². The fourth-order valence-corrected chi connectivity index (χ4v) is 4.12. The van der Waals surface area contributed by atoms with E-state index in [-0.39, 0.29) is 24.2 Å². The Balaban J connectivity index is 1.52. The van der Waals surface area contributed by atoms with Crippen molar-refractivity contribution in [3.05, 3.63) is 47.5 Å². The molecule has 2 saturated heterocycles. The lowest BCUT2D eigenvalue weighted by molar-refractivity contribution is -0.137. The lowest BCUT2D eigenvalue weighted by atomic mass is 9.94. The molecule has 2 fully saturated rings. The molecule has 2 aliphatic heterocycles. The summed E-state index contributed by atoms with van der Waals surface area (Å²) < 4.78 is 59.1. The minimum absolute atomic E-state index is 0.0111. The highest BCUT2D eigenvalue weighted by atomic mass is 19.4. The number of aromatic nitrogens is 2. The second-order valence-electron chi connectivity index (χ2n) is 8.02. The van der Waals surface area contributed by atoms with Gasteiger partial charge in [-0.25, -0.2) is 9.97 Å². The van der Waals surface area contributed by atoms with Crippen molar-refractivity contribution in [3.8, 4) is 0 Å². The number of nitrogens with one attached hydrogen (secondary N) is 1. The van der Waals surface area contributed by atoms with Gasteiger partial charge in [0.1, 0.15) is 6.33 Å². The summed E-state index contributed by atoms with van der Waals surface area (Å²) in [6.07, 6.45) is -0.822. The maximum Gasteiger partial charge on any atom is 0.416 e. The summed E-state index contributed by atoms with van der Waals surface area (Å²) in [7, 11) is 0. The molecule has 1 aromatic heterocycles. The van der Waals surface area contributed by atoms with Crippen molar-refractivity contribution in [2.24, 2.45) is 0 Å². The molecule has 10 heteroatoms. The molecular formula is C21H24F4N4O2. The SMILES string of the molecule is OC1(CNc2ncnc(N3CCCC3c3ccc(C(F)(F)F)cc3)c2F)CCOCC1. The van der Waals surface area contributed by atoms with Gasteiger partial charge in [-0.3, -0.25) is 0 Å². The first-order valence-electron chi connectivity index (χ1n) is 10.3. The summed E-state index contributed by atoms with van der Waals surface area (Å²) in [4.78, 5) is 9.83. The molecule has 6 nitrogen and oxygen atoms in total. The molecular weight excluding hydrogens is 416 g/mol. The van der Waals surface area contributed by atoms with E-state index in [1.165, 1.54) is 18.5 Å². The summed E-state index contributed by atoms with van der Waals surface area (Å²) in [5, 5.41) is 13.5. The monoisotopic (exact) mass is 440 g/mol. The molecule has 2 aliphatic rings. The maximum atomic E-state index is 15.2. The number of anilines is 2. The molecule has 1 unspecified atom stereocenters. The molecule has 0 spiro atoms. The topological polar surface area (TPSA) is 70.5 Å². The first-order chi connectivity index (χ1) is 14.8. The van der Waals surface area contributed by atoms with Gasteiger partial charge in [0.25, 0.3) is 0 Å². The van der Waals surface area contributed by atoms with Crippen LogP contribution >= 0.6 is 0 Å². The zero-order valence-electron chi connectivity index (χ0n) is 16.8. The van der Waals surface area contributed by atoms with Crippen LogP contribution in [0.5, 0.6) is 0 Å². The molecule has 1 aromatic carbocycles. The second kappa shape index (κ2) is 8.58. The van der Waals surface area contributed by atoms with E-state index in [4.69, 9.17) is 4.74 Å². The van der Waals surface area contributed by atoms with Gasteiger partial charge in [0.15, 0.2) is 11.6 Å². The Kier molecular flexibility index (Phi) is 6.02. The van der Waals surface area contributed by atoms with Gasteiger partial charge in [0.2, 0.25) is 5.82 Å². The van der Waals surface area contributed by atoms with E-state index in [0.717, 1.165) is 18.6 Å². The summed E-state index contributed by atoms with van der Waals surface area (Å²) >= 11 is 0. The van der Waals surface area contributed by atoms with Crippen molar-refractivity contribution in [1.82, 2.24) is 9.97 Å². The van der Waals surface area contributed by atoms with E-state index >= 15 is 4.39 Å². The summed E-state index contributed by atoms with van der Waals surface area (Å²) in [6, 6.07) is 4.68. The Bertz CT molecular complexity index is 901. The molecule has 1 atom stereocenters. The highest BCUT2D eigenvalue weighted by molar-refractivity contribution is 5.53. The smallest absolute Gasteiger partial charge is 0.388 e. The summed E-state index contributed by atoms with van der Waals surface area (Å²) in [5.41, 5.74) is -1.03. The first-order valence-corrected chi connectivity index (χ1v) is 10.3. The number of rotatable bonds is 5. The van der Waals surface area contributed by atoms with Crippen LogP contribution in [-0.4, -0.2) is 47.0 Å². The van der Waals surface area contributed by atoms with Crippen molar-refractivity contribution >= 4 is 11.6 Å². The second-order valence-corrected chi connectivity index (χ2v) is 8.02. The number of ether oxygens (including phenoxy) is 1. The molecule has 0 aliphatic carbocycles. The molecule has 4 rings (SSSR count). The van der Waals surface area contributed by atoms with Crippen molar-refractivity contribution in [2.75, 3.05) is 36.5 Å². The molecule has 31 heavy (non-hydrogen) atoms.